The van der Waals surface area contributed by atoms with Crippen LogP contribution in [0.3, 0.4) is 0 Å². The lowest BCUT2D eigenvalue weighted by molar-refractivity contribution is -0.138. The zero-order chi connectivity index (χ0) is 13.7. The zero-order valence-corrected chi connectivity index (χ0v) is 10.3. The molecule has 0 spiro atoms. The highest BCUT2D eigenvalue weighted by molar-refractivity contribution is 5.90. The van der Waals surface area contributed by atoms with Crippen LogP contribution in [0.4, 0.5) is 5.82 Å². The molecule has 18 heavy (non-hydrogen) atoms. The summed E-state index contributed by atoms with van der Waals surface area (Å²) in [6, 6.07) is 2.13. The maximum atomic E-state index is 11.0. The molecule has 98 valence electrons. The Morgan fingerprint density at radius 1 is 1.39 bits per heavy atom. The third-order valence-electron chi connectivity index (χ3n) is 2.24. The highest BCUT2D eigenvalue weighted by Crippen LogP contribution is 2.11. The number of aliphatic carboxylic acids is 1. The fourth-order valence-electron chi connectivity index (χ4n) is 1.41. The van der Waals surface area contributed by atoms with Crippen LogP contribution < -0.4 is 11.1 Å². The molecule has 1 aromatic rings. The summed E-state index contributed by atoms with van der Waals surface area (Å²) in [7, 11) is 0. The molecular formula is C11H16N4O3. The number of nitrogens with zero attached hydrogens (tertiary/aromatic N) is 2. The van der Waals surface area contributed by atoms with Crippen LogP contribution in [0.1, 0.15) is 30.8 Å². The summed E-state index contributed by atoms with van der Waals surface area (Å²) in [5.74, 6) is -1.10. The third-order valence-corrected chi connectivity index (χ3v) is 2.24. The summed E-state index contributed by atoms with van der Waals surface area (Å²) in [4.78, 5) is 21.8. The number of carbonyl (C=O) groups is 2. The van der Waals surface area contributed by atoms with E-state index >= 15 is 0 Å². The normalized spacial score (nSPS) is 12.2. The fourth-order valence-corrected chi connectivity index (χ4v) is 1.41. The molecule has 7 nitrogen and oxygen atoms in total. The van der Waals surface area contributed by atoms with E-state index in [4.69, 9.17) is 10.8 Å². The number of anilines is 1. The minimum atomic E-state index is -0.954. The Morgan fingerprint density at radius 2 is 2.06 bits per heavy atom. The number of carbonyl (C=O) groups excluding carboxylic acids is 1. The van der Waals surface area contributed by atoms with Crippen molar-refractivity contribution in [1.29, 1.82) is 0 Å². The molecule has 0 radical (unpaired) electrons. The quantitative estimate of drug-likeness (QED) is 0.678. The van der Waals surface area contributed by atoms with Crippen molar-refractivity contribution in [3.8, 4) is 0 Å². The van der Waals surface area contributed by atoms with Gasteiger partial charge in [-0.3, -0.25) is 4.79 Å². The summed E-state index contributed by atoms with van der Waals surface area (Å²) in [6.45, 7) is 3.86. The van der Waals surface area contributed by atoms with Crippen LogP contribution in [0, 0.1) is 5.92 Å². The number of carboxylic acids is 1. The largest absolute Gasteiger partial charge is 0.480 e. The van der Waals surface area contributed by atoms with Gasteiger partial charge in [-0.05, 0) is 24.5 Å². The summed E-state index contributed by atoms with van der Waals surface area (Å²) in [6.07, 6.45) is 0.467. The van der Waals surface area contributed by atoms with Gasteiger partial charge in [0, 0.05) is 0 Å². The minimum absolute atomic E-state index is 0.0382. The molecule has 1 rings (SSSR count). The van der Waals surface area contributed by atoms with Crippen molar-refractivity contribution < 1.29 is 14.7 Å². The van der Waals surface area contributed by atoms with Gasteiger partial charge in [0.2, 0.25) is 0 Å². The van der Waals surface area contributed by atoms with Crippen molar-refractivity contribution in [3.63, 3.8) is 0 Å². The van der Waals surface area contributed by atoms with Crippen LogP contribution >= 0.6 is 0 Å². The van der Waals surface area contributed by atoms with Gasteiger partial charge in [-0.2, -0.15) is 0 Å². The van der Waals surface area contributed by atoms with Gasteiger partial charge in [0.15, 0.2) is 5.69 Å². The number of aromatic nitrogens is 2. The Kier molecular flexibility index (Phi) is 4.59. The van der Waals surface area contributed by atoms with Crippen molar-refractivity contribution in [2.45, 2.75) is 26.3 Å². The molecule has 1 heterocycles. The first kappa shape index (κ1) is 13.9. The van der Waals surface area contributed by atoms with E-state index in [1.165, 1.54) is 12.1 Å². The van der Waals surface area contributed by atoms with Gasteiger partial charge in [-0.1, -0.05) is 13.8 Å². The van der Waals surface area contributed by atoms with E-state index in [9.17, 15) is 9.59 Å². The average molecular weight is 252 g/mol. The topological polar surface area (TPSA) is 118 Å². The Hall–Kier alpha value is -2.18. The summed E-state index contributed by atoms with van der Waals surface area (Å²) < 4.78 is 0. The van der Waals surface area contributed by atoms with Crippen molar-refractivity contribution in [3.05, 3.63) is 17.8 Å². The van der Waals surface area contributed by atoms with Crippen LogP contribution in [-0.4, -0.2) is 33.2 Å². The average Bonchev–Trinajstić information content (AvgIpc) is 2.28. The van der Waals surface area contributed by atoms with E-state index in [1.807, 2.05) is 13.8 Å². The molecule has 7 heteroatoms. The zero-order valence-electron chi connectivity index (χ0n) is 10.3. The Morgan fingerprint density at radius 3 is 2.44 bits per heavy atom. The Balaban J connectivity index is 2.75. The molecule has 1 unspecified atom stereocenters. The molecule has 0 fully saturated rings. The van der Waals surface area contributed by atoms with Gasteiger partial charge in [0.05, 0.1) is 0 Å². The van der Waals surface area contributed by atoms with Crippen LogP contribution in [0.15, 0.2) is 12.1 Å². The fraction of sp³-hybridized carbons (Fsp3) is 0.455. The molecule has 1 aromatic heterocycles. The maximum absolute atomic E-state index is 11.0. The highest BCUT2D eigenvalue weighted by Gasteiger charge is 2.19. The highest BCUT2D eigenvalue weighted by atomic mass is 16.4. The number of rotatable bonds is 6. The van der Waals surface area contributed by atoms with Gasteiger partial charge in [0.1, 0.15) is 11.9 Å². The van der Waals surface area contributed by atoms with Crippen molar-refractivity contribution in [1.82, 2.24) is 10.2 Å². The molecule has 0 bridgehead atoms. The van der Waals surface area contributed by atoms with Crippen molar-refractivity contribution >= 4 is 17.7 Å². The van der Waals surface area contributed by atoms with Crippen molar-refractivity contribution in [2.24, 2.45) is 11.7 Å². The van der Waals surface area contributed by atoms with Crippen LogP contribution in [0.5, 0.6) is 0 Å². The second-order valence-corrected chi connectivity index (χ2v) is 4.33. The predicted octanol–water partition coefficient (Wildman–Crippen LogP) is 0.487. The molecule has 0 saturated carbocycles. The van der Waals surface area contributed by atoms with E-state index in [2.05, 4.69) is 15.5 Å². The molecule has 0 aliphatic heterocycles. The number of hydrogen-bond acceptors (Lipinski definition) is 5. The lowest BCUT2D eigenvalue weighted by Crippen LogP contribution is -2.31. The van der Waals surface area contributed by atoms with E-state index in [0.717, 1.165) is 0 Å². The molecule has 1 atom stereocenters. The lowest BCUT2D eigenvalue weighted by Gasteiger charge is -2.16. The number of primary amides is 1. The molecular weight excluding hydrogens is 236 g/mol. The molecule has 0 saturated heterocycles. The number of nitrogens with one attached hydrogen (secondary N) is 1. The Labute approximate surface area is 104 Å². The Bertz CT molecular complexity index is 430. The van der Waals surface area contributed by atoms with Crippen LogP contribution in [0.25, 0.3) is 0 Å². The van der Waals surface area contributed by atoms with E-state index in [-0.39, 0.29) is 11.6 Å². The summed E-state index contributed by atoms with van der Waals surface area (Å²) in [5.41, 5.74) is 5.06. The summed E-state index contributed by atoms with van der Waals surface area (Å²) in [5, 5.41) is 19.1. The maximum Gasteiger partial charge on any atom is 0.326 e. The number of amides is 1. The second kappa shape index (κ2) is 5.95. The van der Waals surface area contributed by atoms with E-state index < -0.39 is 17.9 Å². The molecule has 1 amide bonds. The molecule has 0 aliphatic rings. The van der Waals surface area contributed by atoms with Crippen molar-refractivity contribution in [2.75, 3.05) is 5.32 Å². The first-order chi connectivity index (χ1) is 8.40. The third kappa shape index (κ3) is 4.00. The van der Waals surface area contributed by atoms with E-state index in [1.54, 1.807) is 0 Å². The van der Waals surface area contributed by atoms with Gasteiger partial charge < -0.3 is 16.2 Å². The standard InChI is InChI=1S/C11H16N4O3/c1-6(2)5-8(11(17)18)13-9-4-3-7(10(12)16)14-15-9/h3-4,6,8H,5H2,1-2H3,(H2,12,16)(H,13,15)(H,17,18). The SMILES string of the molecule is CC(C)CC(Nc1ccc(C(N)=O)nn1)C(=O)O. The minimum Gasteiger partial charge on any atom is -0.480 e. The molecule has 0 aromatic carbocycles. The molecule has 4 N–H and O–H groups in total. The second-order valence-electron chi connectivity index (χ2n) is 4.33. The van der Waals surface area contributed by atoms with E-state index in [0.29, 0.717) is 12.2 Å². The molecule has 0 aliphatic carbocycles. The predicted molar refractivity (Wildman–Crippen MR) is 65.1 cm³/mol. The van der Waals surface area contributed by atoms with Crippen LogP contribution in [-0.2, 0) is 4.79 Å². The van der Waals surface area contributed by atoms with Gasteiger partial charge in [-0.25, -0.2) is 4.79 Å². The number of nitrogens with two attached hydrogens (primary N) is 1. The summed E-state index contributed by atoms with van der Waals surface area (Å²) >= 11 is 0. The lowest BCUT2D eigenvalue weighted by atomic mass is 10.0. The smallest absolute Gasteiger partial charge is 0.326 e. The number of carboxylic acid groups (broad SMARTS) is 1. The van der Waals surface area contributed by atoms with Crippen LogP contribution in [0.2, 0.25) is 0 Å². The first-order valence-corrected chi connectivity index (χ1v) is 5.53. The monoisotopic (exact) mass is 252 g/mol. The number of hydrogen-bond donors (Lipinski definition) is 3. The first-order valence-electron chi connectivity index (χ1n) is 5.53. The van der Waals surface area contributed by atoms with Gasteiger partial charge >= 0.3 is 5.97 Å². The van der Waals surface area contributed by atoms with Gasteiger partial charge in [0.25, 0.3) is 5.91 Å². The van der Waals surface area contributed by atoms with Gasteiger partial charge in [-0.15, -0.1) is 10.2 Å².